The Hall–Kier alpha value is -2.88. The van der Waals surface area contributed by atoms with Crippen LogP contribution in [0.3, 0.4) is 0 Å². The molecule has 1 aromatic heterocycles. The molecule has 4 nitrogen and oxygen atoms in total. The van der Waals surface area contributed by atoms with Crippen LogP contribution in [0.5, 0.6) is 5.75 Å². The first-order valence-corrected chi connectivity index (χ1v) is 7.05. The SMILES string of the molecule is CCOC(=O)c1ccccc1-c1ccnc2c(O)cccc12. The molecule has 0 aliphatic heterocycles. The van der Waals surface area contributed by atoms with Crippen molar-refractivity contribution in [1.82, 2.24) is 4.98 Å². The van der Waals surface area contributed by atoms with Gasteiger partial charge in [-0.05, 0) is 36.2 Å². The summed E-state index contributed by atoms with van der Waals surface area (Å²) in [6.07, 6.45) is 1.62. The minimum atomic E-state index is -0.358. The fraction of sp³-hybridized carbons (Fsp3) is 0.111. The normalized spacial score (nSPS) is 10.6. The van der Waals surface area contributed by atoms with Crippen molar-refractivity contribution >= 4 is 16.9 Å². The van der Waals surface area contributed by atoms with Gasteiger partial charge >= 0.3 is 5.97 Å². The van der Waals surface area contributed by atoms with Crippen LogP contribution >= 0.6 is 0 Å². The largest absolute Gasteiger partial charge is 0.506 e. The number of esters is 1. The molecule has 0 radical (unpaired) electrons. The summed E-state index contributed by atoms with van der Waals surface area (Å²) in [6, 6.07) is 14.3. The zero-order chi connectivity index (χ0) is 15.5. The van der Waals surface area contributed by atoms with Crippen molar-refractivity contribution < 1.29 is 14.6 Å². The molecule has 3 rings (SSSR count). The van der Waals surface area contributed by atoms with Gasteiger partial charge in [-0.15, -0.1) is 0 Å². The molecule has 0 saturated carbocycles. The third-order valence-corrected chi connectivity index (χ3v) is 3.46. The van der Waals surface area contributed by atoms with Gasteiger partial charge in [-0.1, -0.05) is 30.3 Å². The highest BCUT2D eigenvalue weighted by molar-refractivity contribution is 6.04. The Balaban J connectivity index is 2.25. The highest BCUT2D eigenvalue weighted by Gasteiger charge is 2.15. The molecule has 0 aliphatic carbocycles. The van der Waals surface area contributed by atoms with E-state index in [-0.39, 0.29) is 11.7 Å². The molecule has 2 aromatic carbocycles. The maximum Gasteiger partial charge on any atom is 0.338 e. The first-order chi connectivity index (χ1) is 10.7. The molecule has 0 bridgehead atoms. The molecule has 0 amide bonds. The van der Waals surface area contributed by atoms with E-state index in [0.717, 1.165) is 16.5 Å². The van der Waals surface area contributed by atoms with Crippen LogP contribution in [0.1, 0.15) is 17.3 Å². The Bertz CT molecular complexity index is 843. The molecule has 0 unspecified atom stereocenters. The number of para-hydroxylation sites is 1. The lowest BCUT2D eigenvalue weighted by molar-refractivity contribution is 0.0527. The summed E-state index contributed by atoms with van der Waals surface area (Å²) in [7, 11) is 0. The predicted molar refractivity (Wildman–Crippen MR) is 84.8 cm³/mol. The van der Waals surface area contributed by atoms with Gasteiger partial charge < -0.3 is 9.84 Å². The van der Waals surface area contributed by atoms with Crippen LogP contribution in [0.15, 0.2) is 54.7 Å². The molecule has 0 atom stereocenters. The number of carbonyl (C=O) groups excluding carboxylic acids is 1. The van der Waals surface area contributed by atoms with Gasteiger partial charge in [0, 0.05) is 11.6 Å². The molecule has 1 heterocycles. The van der Waals surface area contributed by atoms with Crippen LogP contribution in [-0.2, 0) is 4.74 Å². The van der Waals surface area contributed by atoms with Gasteiger partial charge in [0.25, 0.3) is 0 Å². The van der Waals surface area contributed by atoms with E-state index in [1.54, 1.807) is 37.4 Å². The molecule has 110 valence electrons. The van der Waals surface area contributed by atoms with Crippen molar-refractivity contribution in [2.45, 2.75) is 6.92 Å². The number of ether oxygens (including phenoxy) is 1. The Kier molecular flexibility index (Phi) is 3.74. The second-order valence-electron chi connectivity index (χ2n) is 4.80. The molecular formula is C18H15NO3. The predicted octanol–water partition coefficient (Wildman–Crippen LogP) is 3.78. The number of aromatic hydroxyl groups is 1. The van der Waals surface area contributed by atoms with E-state index in [0.29, 0.717) is 17.7 Å². The minimum absolute atomic E-state index is 0.118. The summed E-state index contributed by atoms with van der Waals surface area (Å²) in [4.78, 5) is 16.4. The lowest BCUT2D eigenvalue weighted by Gasteiger charge is -2.11. The number of hydrogen-bond acceptors (Lipinski definition) is 4. The molecule has 0 saturated heterocycles. The van der Waals surface area contributed by atoms with Gasteiger partial charge in [0.1, 0.15) is 11.3 Å². The van der Waals surface area contributed by atoms with Crippen molar-refractivity contribution in [2.24, 2.45) is 0 Å². The Labute approximate surface area is 128 Å². The summed E-state index contributed by atoms with van der Waals surface area (Å²) in [5.74, 6) is -0.240. The lowest BCUT2D eigenvalue weighted by atomic mass is 9.96. The van der Waals surface area contributed by atoms with E-state index in [9.17, 15) is 9.90 Å². The molecular weight excluding hydrogens is 278 g/mol. The third-order valence-electron chi connectivity index (χ3n) is 3.46. The standard InChI is InChI=1S/C18H15NO3/c1-2-22-18(21)15-7-4-3-6-12(15)13-10-11-19-17-14(13)8-5-9-16(17)20/h3-11,20H,2H2,1H3. The van der Waals surface area contributed by atoms with E-state index in [1.165, 1.54) is 0 Å². The lowest BCUT2D eigenvalue weighted by Crippen LogP contribution is -2.06. The van der Waals surface area contributed by atoms with Crippen LogP contribution in [0.4, 0.5) is 0 Å². The maximum absolute atomic E-state index is 12.2. The highest BCUT2D eigenvalue weighted by atomic mass is 16.5. The summed E-state index contributed by atoms with van der Waals surface area (Å²) in [6.45, 7) is 2.10. The monoisotopic (exact) mass is 293 g/mol. The van der Waals surface area contributed by atoms with E-state index in [4.69, 9.17) is 4.74 Å². The smallest absolute Gasteiger partial charge is 0.338 e. The number of nitrogens with zero attached hydrogens (tertiary/aromatic N) is 1. The summed E-state index contributed by atoms with van der Waals surface area (Å²) >= 11 is 0. The fourth-order valence-electron chi connectivity index (χ4n) is 2.50. The maximum atomic E-state index is 12.2. The van der Waals surface area contributed by atoms with Crippen molar-refractivity contribution in [3.63, 3.8) is 0 Å². The Morgan fingerprint density at radius 2 is 1.91 bits per heavy atom. The number of phenols is 1. The van der Waals surface area contributed by atoms with Crippen molar-refractivity contribution in [3.8, 4) is 16.9 Å². The molecule has 22 heavy (non-hydrogen) atoms. The molecule has 0 spiro atoms. The molecule has 0 aliphatic rings. The third kappa shape index (κ3) is 2.39. The number of fused-ring (bicyclic) bond motifs is 1. The van der Waals surface area contributed by atoms with Crippen LogP contribution in [0.2, 0.25) is 0 Å². The molecule has 1 N–H and O–H groups in total. The first kappa shape index (κ1) is 14.1. The van der Waals surface area contributed by atoms with Crippen LogP contribution in [-0.4, -0.2) is 22.7 Å². The Morgan fingerprint density at radius 3 is 2.73 bits per heavy atom. The average molecular weight is 293 g/mol. The highest BCUT2D eigenvalue weighted by Crippen LogP contribution is 2.33. The zero-order valence-corrected chi connectivity index (χ0v) is 12.1. The number of benzene rings is 2. The van der Waals surface area contributed by atoms with Crippen LogP contribution < -0.4 is 0 Å². The zero-order valence-electron chi connectivity index (χ0n) is 12.1. The fourth-order valence-corrected chi connectivity index (χ4v) is 2.50. The van der Waals surface area contributed by atoms with E-state index in [2.05, 4.69) is 4.98 Å². The van der Waals surface area contributed by atoms with E-state index >= 15 is 0 Å². The van der Waals surface area contributed by atoms with Gasteiger partial charge in [-0.3, -0.25) is 4.98 Å². The van der Waals surface area contributed by atoms with Gasteiger partial charge in [0.05, 0.1) is 12.2 Å². The average Bonchev–Trinajstić information content (AvgIpc) is 2.55. The number of hydrogen-bond donors (Lipinski definition) is 1. The van der Waals surface area contributed by atoms with Crippen LogP contribution in [0, 0.1) is 0 Å². The molecule has 3 aromatic rings. The number of carbonyl (C=O) groups is 1. The Morgan fingerprint density at radius 1 is 1.09 bits per heavy atom. The number of phenolic OH excluding ortho intramolecular Hbond substituents is 1. The summed E-state index contributed by atoms with van der Waals surface area (Å²) in [5.41, 5.74) is 2.61. The number of rotatable bonds is 3. The quantitative estimate of drug-likeness (QED) is 0.746. The molecule has 0 fully saturated rings. The van der Waals surface area contributed by atoms with Crippen molar-refractivity contribution in [3.05, 3.63) is 60.3 Å². The number of aromatic nitrogens is 1. The first-order valence-electron chi connectivity index (χ1n) is 7.05. The second-order valence-corrected chi connectivity index (χ2v) is 4.80. The van der Waals surface area contributed by atoms with Crippen molar-refractivity contribution in [2.75, 3.05) is 6.61 Å². The summed E-state index contributed by atoms with van der Waals surface area (Å²) < 4.78 is 5.12. The minimum Gasteiger partial charge on any atom is -0.506 e. The number of pyridine rings is 1. The second kappa shape index (κ2) is 5.85. The van der Waals surface area contributed by atoms with E-state index < -0.39 is 0 Å². The summed E-state index contributed by atoms with van der Waals surface area (Å²) in [5, 5.41) is 10.7. The van der Waals surface area contributed by atoms with Gasteiger partial charge in [-0.25, -0.2) is 4.79 Å². The van der Waals surface area contributed by atoms with Gasteiger partial charge in [0.2, 0.25) is 0 Å². The van der Waals surface area contributed by atoms with E-state index in [1.807, 2.05) is 24.3 Å². The van der Waals surface area contributed by atoms with Gasteiger partial charge in [0.15, 0.2) is 0 Å². The van der Waals surface area contributed by atoms with Gasteiger partial charge in [-0.2, -0.15) is 0 Å². The van der Waals surface area contributed by atoms with Crippen molar-refractivity contribution in [1.29, 1.82) is 0 Å². The topological polar surface area (TPSA) is 59.4 Å². The molecule has 4 heteroatoms. The van der Waals surface area contributed by atoms with Crippen LogP contribution in [0.25, 0.3) is 22.0 Å².